The van der Waals surface area contributed by atoms with Gasteiger partial charge in [0.15, 0.2) is 0 Å². The number of rotatable bonds is 3. The second kappa shape index (κ2) is 6.62. The van der Waals surface area contributed by atoms with E-state index in [1.54, 1.807) is 17.8 Å². The zero-order chi connectivity index (χ0) is 15.6. The van der Waals surface area contributed by atoms with E-state index in [0.29, 0.717) is 5.15 Å². The van der Waals surface area contributed by atoms with Crippen molar-refractivity contribution in [1.29, 1.82) is 0 Å². The van der Waals surface area contributed by atoms with Gasteiger partial charge in [0.05, 0.1) is 5.69 Å². The number of hydrogen-bond donors (Lipinski definition) is 1. The fourth-order valence-electron chi connectivity index (χ4n) is 1.85. The predicted octanol–water partition coefficient (Wildman–Crippen LogP) is 3.95. The number of anilines is 1. The van der Waals surface area contributed by atoms with Crippen molar-refractivity contribution in [2.75, 3.05) is 5.32 Å². The summed E-state index contributed by atoms with van der Waals surface area (Å²) in [5.41, 5.74) is 3.50. The Labute approximate surface area is 142 Å². The molecule has 2 aromatic rings. The molecule has 0 aliphatic carbocycles. The van der Waals surface area contributed by atoms with E-state index in [1.807, 2.05) is 32.0 Å². The Balaban J connectivity index is 2.11. The van der Waals surface area contributed by atoms with E-state index in [1.165, 1.54) is 11.6 Å². The van der Waals surface area contributed by atoms with Crippen molar-refractivity contribution >= 4 is 51.9 Å². The van der Waals surface area contributed by atoms with Gasteiger partial charge in [0.25, 0.3) is 0 Å². The standard InChI is InChI=1S/C15H15ClIN3O/c1-9-4-5-11(8-13(9)17)18-14(21)7-6-12-10(2)19-20(3)15(12)16/h4-8H,1-3H3,(H,18,21)/b7-6+. The van der Waals surface area contributed by atoms with Gasteiger partial charge in [-0.05, 0) is 60.2 Å². The molecule has 0 unspecified atom stereocenters. The minimum atomic E-state index is -0.200. The van der Waals surface area contributed by atoms with Crippen molar-refractivity contribution in [2.45, 2.75) is 13.8 Å². The van der Waals surface area contributed by atoms with Gasteiger partial charge in [0.2, 0.25) is 5.91 Å². The van der Waals surface area contributed by atoms with Gasteiger partial charge in [-0.15, -0.1) is 0 Å². The third-order valence-corrected chi connectivity index (χ3v) is 4.65. The van der Waals surface area contributed by atoms with Crippen molar-refractivity contribution in [2.24, 2.45) is 7.05 Å². The van der Waals surface area contributed by atoms with E-state index < -0.39 is 0 Å². The van der Waals surface area contributed by atoms with Gasteiger partial charge in [0.1, 0.15) is 5.15 Å². The summed E-state index contributed by atoms with van der Waals surface area (Å²) in [6.07, 6.45) is 3.14. The monoisotopic (exact) mass is 415 g/mol. The van der Waals surface area contributed by atoms with Crippen LogP contribution in [-0.2, 0) is 11.8 Å². The number of halogens is 2. The fourth-order valence-corrected chi connectivity index (χ4v) is 2.60. The molecule has 1 heterocycles. The number of hydrogen-bond acceptors (Lipinski definition) is 2. The molecule has 0 bridgehead atoms. The quantitative estimate of drug-likeness (QED) is 0.609. The lowest BCUT2D eigenvalue weighted by Crippen LogP contribution is -2.08. The third-order valence-electron chi connectivity index (χ3n) is 3.04. The molecule has 0 saturated heterocycles. The van der Waals surface area contributed by atoms with Crippen LogP contribution in [0.25, 0.3) is 6.08 Å². The number of aromatic nitrogens is 2. The Morgan fingerprint density at radius 3 is 2.71 bits per heavy atom. The van der Waals surface area contributed by atoms with Crippen molar-refractivity contribution in [1.82, 2.24) is 9.78 Å². The highest BCUT2D eigenvalue weighted by Gasteiger charge is 2.08. The predicted molar refractivity (Wildman–Crippen MR) is 94.5 cm³/mol. The van der Waals surface area contributed by atoms with Crippen molar-refractivity contribution in [3.05, 3.63) is 49.8 Å². The van der Waals surface area contributed by atoms with Gasteiger partial charge in [-0.1, -0.05) is 17.7 Å². The van der Waals surface area contributed by atoms with Gasteiger partial charge in [0, 0.05) is 27.9 Å². The van der Waals surface area contributed by atoms with Crippen LogP contribution in [0.5, 0.6) is 0 Å². The molecule has 0 spiro atoms. The SMILES string of the molecule is Cc1ccc(NC(=O)/C=C/c2c(C)nn(C)c2Cl)cc1I. The van der Waals surface area contributed by atoms with Crippen LogP contribution in [0.2, 0.25) is 5.15 Å². The Hall–Kier alpha value is -1.34. The molecule has 0 aliphatic heterocycles. The van der Waals surface area contributed by atoms with Crippen LogP contribution in [-0.4, -0.2) is 15.7 Å². The molecule has 2 rings (SSSR count). The third kappa shape index (κ3) is 3.85. The average molecular weight is 416 g/mol. The van der Waals surface area contributed by atoms with Crippen LogP contribution in [0.15, 0.2) is 24.3 Å². The van der Waals surface area contributed by atoms with E-state index in [9.17, 15) is 4.79 Å². The van der Waals surface area contributed by atoms with Gasteiger partial charge >= 0.3 is 0 Å². The van der Waals surface area contributed by atoms with Crippen LogP contribution < -0.4 is 5.32 Å². The van der Waals surface area contributed by atoms with Crippen molar-refractivity contribution < 1.29 is 4.79 Å². The summed E-state index contributed by atoms with van der Waals surface area (Å²) in [6.45, 7) is 3.88. The molecule has 1 N–H and O–H groups in total. The summed E-state index contributed by atoms with van der Waals surface area (Å²) < 4.78 is 2.69. The molecule has 0 fully saturated rings. The number of aryl methyl sites for hydroxylation is 3. The van der Waals surface area contributed by atoms with Crippen molar-refractivity contribution in [3.8, 4) is 0 Å². The fraction of sp³-hybridized carbons (Fsp3) is 0.200. The van der Waals surface area contributed by atoms with Crippen LogP contribution in [0.4, 0.5) is 5.69 Å². The molecule has 0 aliphatic rings. The normalized spacial score (nSPS) is 11.1. The Bertz CT molecular complexity index is 722. The first-order chi connectivity index (χ1) is 9.88. The Morgan fingerprint density at radius 2 is 2.14 bits per heavy atom. The van der Waals surface area contributed by atoms with Crippen LogP contribution >= 0.6 is 34.2 Å². The second-order valence-corrected chi connectivity index (χ2v) is 6.22. The lowest BCUT2D eigenvalue weighted by molar-refractivity contribution is -0.111. The highest BCUT2D eigenvalue weighted by molar-refractivity contribution is 14.1. The molecule has 1 amide bonds. The molecule has 0 radical (unpaired) electrons. The zero-order valence-electron chi connectivity index (χ0n) is 11.9. The number of benzene rings is 1. The summed E-state index contributed by atoms with van der Waals surface area (Å²) in [6, 6.07) is 5.79. The number of carbonyl (C=O) groups excluding carboxylic acids is 1. The highest BCUT2D eigenvalue weighted by atomic mass is 127. The summed E-state index contributed by atoms with van der Waals surface area (Å²) >= 11 is 8.35. The average Bonchev–Trinajstić information content (AvgIpc) is 2.66. The molecule has 110 valence electrons. The maximum absolute atomic E-state index is 11.9. The van der Waals surface area contributed by atoms with Crippen LogP contribution in [0.3, 0.4) is 0 Å². The first-order valence-corrected chi connectivity index (χ1v) is 7.78. The van der Waals surface area contributed by atoms with E-state index in [2.05, 4.69) is 33.0 Å². The van der Waals surface area contributed by atoms with Crippen LogP contribution in [0.1, 0.15) is 16.8 Å². The number of carbonyl (C=O) groups is 1. The van der Waals surface area contributed by atoms with Crippen molar-refractivity contribution in [3.63, 3.8) is 0 Å². The van der Waals surface area contributed by atoms with E-state index in [-0.39, 0.29) is 5.91 Å². The summed E-state index contributed by atoms with van der Waals surface area (Å²) in [5.74, 6) is -0.200. The molecule has 0 atom stereocenters. The second-order valence-electron chi connectivity index (χ2n) is 4.70. The molecular weight excluding hydrogens is 401 g/mol. The smallest absolute Gasteiger partial charge is 0.248 e. The lowest BCUT2D eigenvalue weighted by atomic mass is 10.2. The Kier molecular flexibility index (Phi) is 5.05. The molecule has 4 nitrogen and oxygen atoms in total. The minimum absolute atomic E-state index is 0.200. The molecule has 21 heavy (non-hydrogen) atoms. The molecular formula is C15H15ClIN3O. The summed E-state index contributed by atoms with van der Waals surface area (Å²) in [4.78, 5) is 11.9. The maximum Gasteiger partial charge on any atom is 0.248 e. The maximum atomic E-state index is 11.9. The van der Waals surface area contributed by atoms with Gasteiger partial charge in [-0.3, -0.25) is 9.48 Å². The number of amides is 1. The number of nitrogens with zero attached hydrogens (tertiary/aromatic N) is 2. The number of nitrogens with one attached hydrogen (secondary N) is 1. The molecule has 1 aromatic carbocycles. The molecule has 0 saturated carbocycles. The van der Waals surface area contributed by atoms with Gasteiger partial charge in [-0.25, -0.2) is 0 Å². The Morgan fingerprint density at radius 1 is 1.43 bits per heavy atom. The highest BCUT2D eigenvalue weighted by Crippen LogP contribution is 2.20. The minimum Gasteiger partial charge on any atom is -0.322 e. The van der Waals surface area contributed by atoms with E-state index >= 15 is 0 Å². The van der Waals surface area contributed by atoms with E-state index in [0.717, 1.165) is 20.5 Å². The largest absolute Gasteiger partial charge is 0.322 e. The molecule has 6 heteroatoms. The van der Waals surface area contributed by atoms with Gasteiger partial charge < -0.3 is 5.32 Å². The van der Waals surface area contributed by atoms with Gasteiger partial charge in [-0.2, -0.15) is 5.10 Å². The topological polar surface area (TPSA) is 46.9 Å². The lowest BCUT2D eigenvalue weighted by Gasteiger charge is -2.04. The van der Waals surface area contributed by atoms with E-state index in [4.69, 9.17) is 11.6 Å². The zero-order valence-corrected chi connectivity index (χ0v) is 14.9. The first-order valence-electron chi connectivity index (χ1n) is 6.33. The first kappa shape index (κ1) is 16.0. The molecule has 1 aromatic heterocycles. The summed E-state index contributed by atoms with van der Waals surface area (Å²) in [5, 5.41) is 7.53. The van der Waals surface area contributed by atoms with Crippen LogP contribution in [0, 0.1) is 17.4 Å². The summed E-state index contributed by atoms with van der Waals surface area (Å²) in [7, 11) is 1.76.